The minimum absolute atomic E-state index is 0.624. The Labute approximate surface area is 69.9 Å². The van der Waals surface area contributed by atoms with Gasteiger partial charge in [-0.05, 0) is 5.56 Å². The predicted octanol–water partition coefficient (Wildman–Crippen LogP) is 2.59. The second kappa shape index (κ2) is 2.31. The van der Waals surface area contributed by atoms with Crippen LogP contribution in [0.15, 0.2) is 40.6 Å². The third-order valence-electron chi connectivity index (χ3n) is 1.59. The molecular formula is C8H7ClN2. The van der Waals surface area contributed by atoms with Crippen molar-refractivity contribution in [1.29, 1.82) is 0 Å². The minimum Gasteiger partial charge on any atom is -0.140 e. The molecule has 0 amide bonds. The molecule has 1 aliphatic heterocycles. The Morgan fingerprint density at radius 3 is 2.36 bits per heavy atom. The van der Waals surface area contributed by atoms with Gasteiger partial charge < -0.3 is 0 Å². The first-order valence-electron chi connectivity index (χ1n) is 3.45. The quantitative estimate of drug-likeness (QED) is 0.477. The van der Waals surface area contributed by atoms with Crippen molar-refractivity contribution in [3.05, 3.63) is 35.9 Å². The third kappa shape index (κ3) is 1.57. The van der Waals surface area contributed by atoms with E-state index in [-0.39, 0.29) is 0 Å². The number of benzene rings is 1. The van der Waals surface area contributed by atoms with Gasteiger partial charge in [0, 0.05) is 6.42 Å². The van der Waals surface area contributed by atoms with E-state index in [1.165, 1.54) is 5.56 Å². The zero-order valence-electron chi connectivity index (χ0n) is 5.87. The fraction of sp³-hybridized carbons (Fsp3) is 0.250. The lowest BCUT2D eigenvalue weighted by atomic mass is 10.1. The van der Waals surface area contributed by atoms with Crippen LogP contribution in [0.5, 0.6) is 0 Å². The van der Waals surface area contributed by atoms with Gasteiger partial charge in [-0.15, -0.1) is 10.2 Å². The summed E-state index contributed by atoms with van der Waals surface area (Å²) in [5.41, 5.74) is 1.17. The van der Waals surface area contributed by atoms with E-state index in [0.29, 0.717) is 6.42 Å². The summed E-state index contributed by atoms with van der Waals surface area (Å²) >= 11 is 5.85. The van der Waals surface area contributed by atoms with Gasteiger partial charge in [0.1, 0.15) is 0 Å². The van der Waals surface area contributed by atoms with Crippen molar-refractivity contribution in [2.24, 2.45) is 10.2 Å². The molecule has 11 heavy (non-hydrogen) atoms. The third-order valence-corrected chi connectivity index (χ3v) is 1.87. The SMILES string of the molecule is ClC1(Cc2ccccc2)N=N1. The van der Waals surface area contributed by atoms with Crippen LogP contribution in [0.4, 0.5) is 0 Å². The molecule has 2 nitrogen and oxygen atoms in total. The van der Waals surface area contributed by atoms with Crippen LogP contribution < -0.4 is 0 Å². The molecular weight excluding hydrogens is 160 g/mol. The molecule has 0 unspecified atom stereocenters. The normalized spacial score (nSPS) is 18.3. The molecule has 2 rings (SSSR count). The summed E-state index contributed by atoms with van der Waals surface area (Å²) in [6.07, 6.45) is 0.704. The van der Waals surface area contributed by atoms with Crippen molar-refractivity contribution in [3.63, 3.8) is 0 Å². The maximum Gasteiger partial charge on any atom is 0.267 e. The van der Waals surface area contributed by atoms with Crippen molar-refractivity contribution in [2.45, 2.75) is 11.5 Å². The first kappa shape index (κ1) is 6.80. The van der Waals surface area contributed by atoms with Crippen molar-refractivity contribution in [1.82, 2.24) is 0 Å². The second-order valence-corrected chi connectivity index (χ2v) is 3.19. The average Bonchev–Trinajstić information content (AvgIpc) is 2.70. The molecule has 0 saturated heterocycles. The van der Waals surface area contributed by atoms with Crippen LogP contribution in [0.1, 0.15) is 5.56 Å². The molecule has 0 bridgehead atoms. The summed E-state index contributed by atoms with van der Waals surface area (Å²) in [5, 5.41) is 6.82. The Morgan fingerprint density at radius 1 is 1.18 bits per heavy atom. The summed E-state index contributed by atoms with van der Waals surface area (Å²) in [5.74, 6) is 0. The maximum atomic E-state index is 5.85. The van der Waals surface area contributed by atoms with Crippen LogP contribution in [0, 0.1) is 0 Å². The number of hydrogen-bond acceptors (Lipinski definition) is 2. The summed E-state index contributed by atoms with van der Waals surface area (Å²) in [7, 11) is 0. The molecule has 56 valence electrons. The number of nitrogens with zero attached hydrogens (tertiary/aromatic N) is 2. The highest BCUT2D eigenvalue weighted by Crippen LogP contribution is 2.35. The molecule has 0 fully saturated rings. The van der Waals surface area contributed by atoms with Crippen LogP contribution >= 0.6 is 11.6 Å². The topological polar surface area (TPSA) is 24.7 Å². The Bertz CT molecular complexity index is 275. The Morgan fingerprint density at radius 2 is 1.82 bits per heavy atom. The van der Waals surface area contributed by atoms with Crippen LogP contribution in [0.3, 0.4) is 0 Å². The largest absolute Gasteiger partial charge is 0.267 e. The smallest absolute Gasteiger partial charge is 0.140 e. The highest BCUT2D eigenvalue weighted by atomic mass is 35.5. The average molecular weight is 167 g/mol. The minimum atomic E-state index is -0.624. The van der Waals surface area contributed by atoms with E-state index in [2.05, 4.69) is 10.2 Å². The highest BCUT2D eigenvalue weighted by molar-refractivity contribution is 6.24. The molecule has 0 aromatic heterocycles. The molecule has 0 aliphatic carbocycles. The summed E-state index contributed by atoms with van der Waals surface area (Å²) < 4.78 is 0. The zero-order chi connectivity index (χ0) is 7.73. The first-order valence-corrected chi connectivity index (χ1v) is 3.83. The zero-order valence-corrected chi connectivity index (χ0v) is 6.62. The van der Waals surface area contributed by atoms with Gasteiger partial charge >= 0.3 is 0 Å². The number of rotatable bonds is 2. The number of hydrogen-bond donors (Lipinski definition) is 0. The molecule has 1 aliphatic rings. The van der Waals surface area contributed by atoms with E-state index in [4.69, 9.17) is 11.6 Å². The Hall–Kier alpha value is -0.890. The monoisotopic (exact) mass is 166 g/mol. The molecule has 3 heteroatoms. The van der Waals surface area contributed by atoms with E-state index in [9.17, 15) is 0 Å². The maximum absolute atomic E-state index is 5.85. The lowest BCUT2D eigenvalue weighted by Gasteiger charge is -1.99. The summed E-state index contributed by atoms with van der Waals surface area (Å²) in [6, 6.07) is 9.99. The lowest BCUT2D eigenvalue weighted by molar-refractivity contribution is 0.824. The summed E-state index contributed by atoms with van der Waals surface area (Å²) in [4.78, 5) is 0. The van der Waals surface area contributed by atoms with Crippen molar-refractivity contribution >= 4 is 11.6 Å². The van der Waals surface area contributed by atoms with E-state index in [1.54, 1.807) is 0 Å². The van der Waals surface area contributed by atoms with Gasteiger partial charge in [-0.1, -0.05) is 41.9 Å². The van der Waals surface area contributed by atoms with Gasteiger partial charge in [-0.3, -0.25) is 0 Å². The van der Waals surface area contributed by atoms with Crippen molar-refractivity contribution in [3.8, 4) is 0 Å². The lowest BCUT2D eigenvalue weighted by Crippen LogP contribution is -2.03. The van der Waals surface area contributed by atoms with Gasteiger partial charge in [0.15, 0.2) is 0 Å². The van der Waals surface area contributed by atoms with Crippen molar-refractivity contribution < 1.29 is 0 Å². The van der Waals surface area contributed by atoms with Crippen molar-refractivity contribution in [2.75, 3.05) is 0 Å². The van der Waals surface area contributed by atoms with Gasteiger partial charge in [-0.25, -0.2) is 0 Å². The van der Waals surface area contributed by atoms with Gasteiger partial charge in [0.2, 0.25) is 0 Å². The fourth-order valence-corrected chi connectivity index (χ4v) is 1.17. The van der Waals surface area contributed by atoms with Gasteiger partial charge in [0.05, 0.1) is 0 Å². The first-order chi connectivity index (χ1) is 5.29. The molecule has 0 saturated carbocycles. The molecule has 0 atom stereocenters. The Kier molecular flexibility index (Phi) is 1.43. The molecule has 1 heterocycles. The molecule has 1 aromatic rings. The van der Waals surface area contributed by atoms with E-state index in [0.717, 1.165) is 0 Å². The molecule has 1 aromatic carbocycles. The summed E-state index contributed by atoms with van der Waals surface area (Å²) in [6.45, 7) is 0. The van der Waals surface area contributed by atoms with E-state index >= 15 is 0 Å². The van der Waals surface area contributed by atoms with Crippen LogP contribution in [-0.4, -0.2) is 5.12 Å². The van der Waals surface area contributed by atoms with Crippen LogP contribution in [0.2, 0.25) is 0 Å². The molecule has 0 radical (unpaired) electrons. The highest BCUT2D eigenvalue weighted by Gasteiger charge is 2.37. The van der Waals surface area contributed by atoms with E-state index in [1.807, 2.05) is 30.3 Å². The van der Waals surface area contributed by atoms with Gasteiger partial charge in [0.25, 0.3) is 5.12 Å². The van der Waals surface area contributed by atoms with Crippen LogP contribution in [0.25, 0.3) is 0 Å². The Balaban J connectivity index is 2.08. The molecule has 0 N–H and O–H groups in total. The standard InChI is InChI=1S/C8H7ClN2/c9-8(10-11-8)6-7-4-2-1-3-5-7/h1-5H,6H2. The predicted molar refractivity (Wildman–Crippen MR) is 43.6 cm³/mol. The number of halogens is 1. The molecule has 0 spiro atoms. The second-order valence-electron chi connectivity index (χ2n) is 2.58. The van der Waals surface area contributed by atoms with Gasteiger partial charge in [-0.2, -0.15) is 0 Å². The van der Waals surface area contributed by atoms with E-state index < -0.39 is 5.12 Å². The number of alkyl halides is 1. The van der Waals surface area contributed by atoms with Crippen LogP contribution in [-0.2, 0) is 6.42 Å². The fourth-order valence-electron chi connectivity index (χ4n) is 0.981.